The van der Waals surface area contributed by atoms with Crippen LogP contribution in [0.2, 0.25) is 0 Å². The van der Waals surface area contributed by atoms with E-state index in [4.69, 9.17) is 0 Å². The van der Waals surface area contributed by atoms with Crippen LogP contribution in [-0.2, 0) is 9.59 Å². The van der Waals surface area contributed by atoms with Gasteiger partial charge in [0.05, 0.1) is 10.7 Å². The molecule has 0 spiro atoms. The highest BCUT2D eigenvalue weighted by molar-refractivity contribution is 8.00. The van der Waals surface area contributed by atoms with Crippen molar-refractivity contribution in [3.8, 4) is 0 Å². The highest BCUT2D eigenvalue weighted by Gasteiger charge is 2.44. The van der Waals surface area contributed by atoms with E-state index >= 15 is 0 Å². The van der Waals surface area contributed by atoms with Crippen molar-refractivity contribution < 1.29 is 14.7 Å². The lowest BCUT2D eigenvalue weighted by Crippen LogP contribution is -2.53. The fourth-order valence-corrected chi connectivity index (χ4v) is 4.04. The summed E-state index contributed by atoms with van der Waals surface area (Å²) in [5.41, 5.74) is -0.794. The summed E-state index contributed by atoms with van der Waals surface area (Å²) >= 11 is 1.69. The molecule has 2 fully saturated rings. The lowest BCUT2D eigenvalue weighted by molar-refractivity contribution is -0.152. The van der Waals surface area contributed by atoms with Crippen LogP contribution in [0, 0.1) is 5.41 Å². The molecule has 3 atom stereocenters. The molecule has 1 amide bonds. The molecule has 0 aromatic rings. The molecule has 2 rings (SSSR count). The predicted octanol–water partition coefficient (Wildman–Crippen LogP) is 2.03. The Balaban J connectivity index is 2.01. The maximum absolute atomic E-state index is 12.1. The maximum atomic E-state index is 12.1. The van der Waals surface area contributed by atoms with Crippen molar-refractivity contribution in [1.82, 2.24) is 5.32 Å². The summed E-state index contributed by atoms with van der Waals surface area (Å²) in [6, 6.07) is -0.211. The van der Waals surface area contributed by atoms with Crippen molar-refractivity contribution in [2.45, 2.75) is 56.7 Å². The molecular formula is C13H21NO3S. The van der Waals surface area contributed by atoms with E-state index < -0.39 is 11.4 Å². The average Bonchev–Trinajstić information content (AvgIpc) is 2.85. The summed E-state index contributed by atoms with van der Waals surface area (Å²) in [5, 5.41) is 12.4. The van der Waals surface area contributed by atoms with Gasteiger partial charge < -0.3 is 10.4 Å². The molecule has 102 valence electrons. The number of carbonyl (C=O) groups is 2. The standard InChI is InChI=1S/C13H21NO3S/c1-13(12(16)17)7-3-2-6-10(13)14-11(15)9-5-4-8-18-9/h9-10H,2-8H2,1H3,(H,14,15)(H,16,17). The maximum Gasteiger partial charge on any atom is 0.311 e. The SMILES string of the molecule is CC1(C(=O)O)CCCCC1NC(=O)C1CCCS1. The zero-order valence-corrected chi connectivity index (χ0v) is 11.6. The lowest BCUT2D eigenvalue weighted by Gasteiger charge is -2.38. The number of carbonyl (C=O) groups excluding carboxylic acids is 1. The van der Waals surface area contributed by atoms with Crippen LogP contribution in [0.15, 0.2) is 0 Å². The molecule has 1 heterocycles. The van der Waals surface area contributed by atoms with Gasteiger partial charge in [0.2, 0.25) is 5.91 Å². The number of amides is 1. The summed E-state index contributed by atoms with van der Waals surface area (Å²) in [6.07, 6.45) is 5.40. The molecule has 3 unspecified atom stereocenters. The molecule has 18 heavy (non-hydrogen) atoms. The van der Waals surface area contributed by atoms with Gasteiger partial charge in [0.25, 0.3) is 0 Å². The number of thioether (sulfide) groups is 1. The highest BCUT2D eigenvalue weighted by Crippen LogP contribution is 2.37. The Hall–Kier alpha value is -0.710. The average molecular weight is 271 g/mol. The summed E-state index contributed by atoms with van der Waals surface area (Å²) in [6.45, 7) is 1.77. The van der Waals surface area contributed by atoms with Crippen molar-refractivity contribution in [2.24, 2.45) is 5.41 Å². The van der Waals surface area contributed by atoms with Crippen molar-refractivity contribution >= 4 is 23.6 Å². The monoisotopic (exact) mass is 271 g/mol. The van der Waals surface area contributed by atoms with Gasteiger partial charge in [-0.3, -0.25) is 9.59 Å². The van der Waals surface area contributed by atoms with E-state index in [-0.39, 0.29) is 17.2 Å². The fourth-order valence-electron chi connectivity index (χ4n) is 2.87. The van der Waals surface area contributed by atoms with E-state index in [1.54, 1.807) is 18.7 Å². The smallest absolute Gasteiger partial charge is 0.311 e. The van der Waals surface area contributed by atoms with Gasteiger partial charge in [-0.1, -0.05) is 12.8 Å². The third-order valence-electron chi connectivity index (χ3n) is 4.24. The Bertz CT molecular complexity index is 341. The van der Waals surface area contributed by atoms with Gasteiger partial charge in [-0.25, -0.2) is 0 Å². The first kappa shape index (κ1) is 13.7. The topological polar surface area (TPSA) is 66.4 Å². The molecule has 0 radical (unpaired) electrons. The summed E-state index contributed by atoms with van der Waals surface area (Å²) < 4.78 is 0. The molecule has 0 aromatic heterocycles. The number of carboxylic acids is 1. The van der Waals surface area contributed by atoms with Crippen molar-refractivity contribution in [3.05, 3.63) is 0 Å². The molecule has 4 nitrogen and oxygen atoms in total. The highest BCUT2D eigenvalue weighted by atomic mass is 32.2. The van der Waals surface area contributed by atoms with Gasteiger partial charge in [-0.2, -0.15) is 0 Å². The van der Waals surface area contributed by atoms with Crippen molar-refractivity contribution in [3.63, 3.8) is 0 Å². The van der Waals surface area contributed by atoms with E-state index in [1.807, 2.05) is 0 Å². The second-order valence-corrected chi connectivity index (χ2v) is 6.84. The van der Waals surface area contributed by atoms with Gasteiger partial charge in [0.1, 0.15) is 0 Å². The fraction of sp³-hybridized carbons (Fsp3) is 0.846. The van der Waals surface area contributed by atoms with Crippen LogP contribution in [0.4, 0.5) is 0 Å². The van der Waals surface area contributed by atoms with Gasteiger partial charge in [-0.05, 0) is 38.4 Å². The van der Waals surface area contributed by atoms with Crippen LogP contribution in [-0.4, -0.2) is 34.0 Å². The molecule has 1 saturated heterocycles. The minimum Gasteiger partial charge on any atom is -0.481 e. The van der Waals surface area contributed by atoms with Gasteiger partial charge in [0, 0.05) is 6.04 Å². The van der Waals surface area contributed by atoms with Gasteiger partial charge in [0.15, 0.2) is 0 Å². The Labute approximate surface area is 112 Å². The van der Waals surface area contributed by atoms with Crippen LogP contribution in [0.25, 0.3) is 0 Å². The van der Waals surface area contributed by atoms with Gasteiger partial charge >= 0.3 is 5.97 Å². The third kappa shape index (κ3) is 2.66. The number of hydrogen-bond donors (Lipinski definition) is 2. The zero-order chi connectivity index (χ0) is 13.2. The number of carboxylic acid groups (broad SMARTS) is 1. The van der Waals surface area contributed by atoms with E-state index in [1.165, 1.54) is 0 Å². The summed E-state index contributed by atoms with van der Waals surface area (Å²) in [4.78, 5) is 23.5. The van der Waals surface area contributed by atoms with Crippen LogP contribution < -0.4 is 5.32 Å². The molecular weight excluding hydrogens is 250 g/mol. The minimum atomic E-state index is -0.794. The zero-order valence-electron chi connectivity index (χ0n) is 10.8. The number of aliphatic carboxylic acids is 1. The molecule has 1 aliphatic heterocycles. The Morgan fingerprint density at radius 1 is 1.28 bits per heavy atom. The first-order valence-electron chi connectivity index (χ1n) is 6.69. The Morgan fingerprint density at radius 2 is 2.06 bits per heavy atom. The molecule has 2 N–H and O–H groups in total. The van der Waals surface area contributed by atoms with Crippen LogP contribution in [0.1, 0.15) is 45.4 Å². The van der Waals surface area contributed by atoms with Crippen LogP contribution in [0.5, 0.6) is 0 Å². The van der Waals surface area contributed by atoms with E-state index in [2.05, 4.69) is 5.32 Å². The third-order valence-corrected chi connectivity index (χ3v) is 5.61. The van der Waals surface area contributed by atoms with E-state index in [0.717, 1.165) is 37.9 Å². The lowest BCUT2D eigenvalue weighted by atomic mass is 9.71. The number of nitrogens with one attached hydrogen (secondary N) is 1. The van der Waals surface area contributed by atoms with Crippen molar-refractivity contribution in [2.75, 3.05) is 5.75 Å². The Morgan fingerprint density at radius 3 is 2.67 bits per heavy atom. The largest absolute Gasteiger partial charge is 0.481 e. The van der Waals surface area contributed by atoms with Crippen LogP contribution >= 0.6 is 11.8 Å². The summed E-state index contributed by atoms with van der Waals surface area (Å²) in [7, 11) is 0. The van der Waals surface area contributed by atoms with Crippen molar-refractivity contribution in [1.29, 1.82) is 0 Å². The summed E-state index contributed by atoms with van der Waals surface area (Å²) in [5.74, 6) is 0.294. The molecule has 1 saturated carbocycles. The van der Waals surface area contributed by atoms with Crippen LogP contribution in [0.3, 0.4) is 0 Å². The van der Waals surface area contributed by atoms with E-state index in [9.17, 15) is 14.7 Å². The minimum absolute atomic E-state index is 0.0324. The normalized spacial score (nSPS) is 36.3. The first-order valence-corrected chi connectivity index (χ1v) is 7.74. The first-order chi connectivity index (χ1) is 8.54. The predicted molar refractivity (Wildman–Crippen MR) is 71.6 cm³/mol. The molecule has 2 aliphatic rings. The number of hydrogen-bond acceptors (Lipinski definition) is 3. The van der Waals surface area contributed by atoms with Gasteiger partial charge in [-0.15, -0.1) is 11.8 Å². The number of rotatable bonds is 3. The Kier molecular flexibility index (Phi) is 4.20. The molecule has 0 aromatic carbocycles. The molecule has 5 heteroatoms. The molecule has 0 bridgehead atoms. The second-order valence-electron chi connectivity index (χ2n) is 5.53. The molecule has 1 aliphatic carbocycles. The van der Waals surface area contributed by atoms with E-state index in [0.29, 0.717) is 6.42 Å². The quantitative estimate of drug-likeness (QED) is 0.824. The second kappa shape index (κ2) is 5.51.